The minimum absolute atomic E-state index is 0.0927. The molecule has 1 aliphatic heterocycles. The van der Waals surface area contributed by atoms with Crippen LogP contribution in [-0.4, -0.2) is 26.1 Å². The van der Waals surface area contributed by atoms with Gasteiger partial charge in [-0.15, -0.1) is 0 Å². The van der Waals surface area contributed by atoms with E-state index in [-0.39, 0.29) is 5.78 Å². The van der Waals surface area contributed by atoms with Crippen LogP contribution in [0.1, 0.15) is 23.6 Å². The zero-order valence-corrected chi connectivity index (χ0v) is 11.9. The highest BCUT2D eigenvalue weighted by Crippen LogP contribution is 2.43. The SMILES string of the molecule is COc1cc(C)c(Cl)c(C)c1C1(C(C)=O)COC1. The summed E-state index contributed by atoms with van der Waals surface area (Å²) in [6.07, 6.45) is 0. The van der Waals surface area contributed by atoms with Crippen LogP contribution in [0.25, 0.3) is 0 Å². The summed E-state index contributed by atoms with van der Waals surface area (Å²) in [5.74, 6) is 0.808. The molecule has 0 spiro atoms. The third-order valence-electron chi connectivity index (χ3n) is 3.71. The molecule has 1 saturated heterocycles. The van der Waals surface area contributed by atoms with Crippen molar-refractivity contribution in [1.82, 2.24) is 0 Å². The summed E-state index contributed by atoms with van der Waals surface area (Å²) >= 11 is 6.30. The molecule has 0 aliphatic carbocycles. The Bertz CT molecular complexity index is 504. The number of methoxy groups -OCH3 is 1. The summed E-state index contributed by atoms with van der Waals surface area (Å²) in [4.78, 5) is 12.0. The number of carbonyl (C=O) groups is 1. The van der Waals surface area contributed by atoms with E-state index in [4.69, 9.17) is 21.1 Å². The van der Waals surface area contributed by atoms with Crippen molar-refractivity contribution in [2.75, 3.05) is 20.3 Å². The van der Waals surface area contributed by atoms with Crippen molar-refractivity contribution in [3.63, 3.8) is 0 Å². The Morgan fingerprint density at radius 3 is 2.44 bits per heavy atom. The molecule has 1 fully saturated rings. The first-order valence-corrected chi connectivity index (χ1v) is 6.25. The Balaban J connectivity index is 2.70. The number of halogens is 1. The summed E-state index contributed by atoms with van der Waals surface area (Å²) in [6, 6.07) is 1.88. The number of aryl methyl sites for hydroxylation is 1. The average molecular weight is 269 g/mol. The number of hydrogen-bond acceptors (Lipinski definition) is 3. The topological polar surface area (TPSA) is 35.5 Å². The molecular formula is C14H17ClO3. The molecule has 4 heteroatoms. The monoisotopic (exact) mass is 268 g/mol. The highest BCUT2D eigenvalue weighted by Gasteiger charge is 2.48. The van der Waals surface area contributed by atoms with Crippen molar-refractivity contribution in [3.8, 4) is 5.75 Å². The van der Waals surface area contributed by atoms with Crippen LogP contribution in [0.4, 0.5) is 0 Å². The molecule has 3 nitrogen and oxygen atoms in total. The maximum absolute atomic E-state index is 12.0. The van der Waals surface area contributed by atoms with Gasteiger partial charge in [-0.3, -0.25) is 4.79 Å². The molecule has 0 bridgehead atoms. The van der Waals surface area contributed by atoms with E-state index < -0.39 is 5.41 Å². The Morgan fingerprint density at radius 1 is 1.44 bits per heavy atom. The van der Waals surface area contributed by atoms with E-state index in [9.17, 15) is 4.79 Å². The molecule has 0 N–H and O–H groups in total. The van der Waals surface area contributed by atoms with Crippen molar-refractivity contribution in [2.45, 2.75) is 26.2 Å². The molecule has 1 aromatic carbocycles. The molecule has 1 aliphatic rings. The highest BCUT2D eigenvalue weighted by atomic mass is 35.5. The molecule has 1 heterocycles. The number of hydrogen-bond donors (Lipinski definition) is 0. The van der Waals surface area contributed by atoms with Crippen LogP contribution in [0, 0.1) is 13.8 Å². The first-order chi connectivity index (χ1) is 8.44. The highest BCUT2D eigenvalue weighted by molar-refractivity contribution is 6.32. The largest absolute Gasteiger partial charge is 0.496 e. The number of carbonyl (C=O) groups excluding carboxylic acids is 1. The number of ketones is 1. The molecule has 98 valence electrons. The fourth-order valence-electron chi connectivity index (χ4n) is 2.51. The predicted octanol–water partition coefficient (Wildman–Crippen LogP) is 2.82. The van der Waals surface area contributed by atoms with E-state index in [1.165, 1.54) is 0 Å². The van der Waals surface area contributed by atoms with Gasteiger partial charge in [0, 0.05) is 10.6 Å². The molecule has 0 radical (unpaired) electrons. The van der Waals surface area contributed by atoms with Gasteiger partial charge in [0.1, 0.15) is 16.9 Å². The fraction of sp³-hybridized carbons (Fsp3) is 0.500. The van der Waals surface area contributed by atoms with Gasteiger partial charge in [-0.1, -0.05) is 11.6 Å². The summed E-state index contributed by atoms with van der Waals surface area (Å²) in [5, 5.41) is 0.693. The molecular weight excluding hydrogens is 252 g/mol. The summed E-state index contributed by atoms with van der Waals surface area (Å²) in [5.41, 5.74) is 2.15. The lowest BCUT2D eigenvalue weighted by Crippen LogP contribution is -2.52. The quantitative estimate of drug-likeness (QED) is 0.846. The van der Waals surface area contributed by atoms with Crippen LogP contribution >= 0.6 is 11.6 Å². The molecule has 2 rings (SSSR count). The van der Waals surface area contributed by atoms with Crippen LogP contribution in [0.15, 0.2) is 6.07 Å². The molecule has 0 amide bonds. The van der Waals surface area contributed by atoms with Crippen LogP contribution < -0.4 is 4.74 Å². The second kappa shape index (κ2) is 4.56. The van der Waals surface area contributed by atoms with Crippen molar-refractivity contribution >= 4 is 17.4 Å². The van der Waals surface area contributed by atoms with Crippen LogP contribution in [0.2, 0.25) is 5.02 Å². The summed E-state index contributed by atoms with van der Waals surface area (Å²) in [6.45, 7) is 6.25. The van der Waals surface area contributed by atoms with E-state index in [1.807, 2.05) is 19.9 Å². The van der Waals surface area contributed by atoms with Gasteiger partial charge in [-0.05, 0) is 38.0 Å². The molecule has 0 aromatic heterocycles. The van der Waals surface area contributed by atoms with Gasteiger partial charge in [0.25, 0.3) is 0 Å². The molecule has 1 aromatic rings. The maximum atomic E-state index is 12.0. The molecule has 0 atom stereocenters. The number of ether oxygens (including phenoxy) is 2. The van der Waals surface area contributed by atoms with Crippen molar-refractivity contribution in [2.24, 2.45) is 0 Å². The lowest BCUT2D eigenvalue weighted by atomic mass is 9.73. The van der Waals surface area contributed by atoms with Crippen LogP contribution in [0.5, 0.6) is 5.75 Å². The van der Waals surface area contributed by atoms with Gasteiger partial charge in [-0.25, -0.2) is 0 Å². The number of rotatable bonds is 3. The minimum atomic E-state index is -0.591. The summed E-state index contributed by atoms with van der Waals surface area (Å²) < 4.78 is 10.7. The Morgan fingerprint density at radius 2 is 2.06 bits per heavy atom. The van der Waals surface area contributed by atoms with E-state index in [0.717, 1.165) is 16.7 Å². The number of benzene rings is 1. The van der Waals surface area contributed by atoms with Gasteiger partial charge >= 0.3 is 0 Å². The van der Waals surface area contributed by atoms with Crippen LogP contribution in [0.3, 0.4) is 0 Å². The second-order valence-corrected chi connectivity index (χ2v) is 5.22. The fourth-order valence-corrected chi connectivity index (χ4v) is 2.66. The zero-order chi connectivity index (χ0) is 13.5. The van der Waals surface area contributed by atoms with E-state index >= 15 is 0 Å². The standard InChI is InChI=1S/C14H17ClO3/c1-8-5-11(17-4)12(9(2)13(8)15)14(10(3)16)6-18-7-14/h5H,6-7H2,1-4H3. The predicted molar refractivity (Wildman–Crippen MR) is 70.7 cm³/mol. The van der Waals surface area contributed by atoms with Gasteiger partial charge in [0.15, 0.2) is 0 Å². The third kappa shape index (κ3) is 1.73. The zero-order valence-electron chi connectivity index (χ0n) is 11.1. The third-order valence-corrected chi connectivity index (χ3v) is 4.30. The summed E-state index contributed by atoms with van der Waals surface area (Å²) in [7, 11) is 1.61. The minimum Gasteiger partial charge on any atom is -0.496 e. The first kappa shape index (κ1) is 13.4. The maximum Gasteiger partial charge on any atom is 0.145 e. The van der Waals surface area contributed by atoms with Gasteiger partial charge in [0.05, 0.1) is 20.3 Å². The second-order valence-electron chi connectivity index (χ2n) is 4.84. The lowest BCUT2D eigenvalue weighted by Gasteiger charge is -2.41. The molecule has 0 saturated carbocycles. The van der Waals surface area contributed by atoms with E-state index in [2.05, 4.69) is 0 Å². The van der Waals surface area contributed by atoms with Gasteiger partial charge < -0.3 is 9.47 Å². The van der Waals surface area contributed by atoms with Crippen molar-refractivity contribution < 1.29 is 14.3 Å². The number of Topliss-reactive ketones (excluding diaryl/α,β-unsaturated/α-hetero) is 1. The van der Waals surface area contributed by atoms with E-state index in [0.29, 0.717) is 24.0 Å². The normalized spacial score (nSPS) is 17.2. The molecule has 18 heavy (non-hydrogen) atoms. The van der Waals surface area contributed by atoms with Gasteiger partial charge in [-0.2, -0.15) is 0 Å². The Hall–Kier alpha value is -1.06. The average Bonchev–Trinajstić information content (AvgIpc) is 2.26. The first-order valence-electron chi connectivity index (χ1n) is 5.87. The smallest absolute Gasteiger partial charge is 0.145 e. The lowest BCUT2D eigenvalue weighted by molar-refractivity contribution is -0.140. The Kier molecular flexibility index (Phi) is 3.39. The van der Waals surface area contributed by atoms with Crippen LogP contribution in [-0.2, 0) is 14.9 Å². The van der Waals surface area contributed by atoms with Crippen molar-refractivity contribution in [3.05, 3.63) is 27.8 Å². The van der Waals surface area contributed by atoms with Crippen molar-refractivity contribution in [1.29, 1.82) is 0 Å². The van der Waals surface area contributed by atoms with E-state index in [1.54, 1.807) is 14.0 Å². The Labute approximate surface area is 112 Å². The van der Waals surface area contributed by atoms with Gasteiger partial charge in [0.2, 0.25) is 0 Å². The molecule has 0 unspecified atom stereocenters.